The van der Waals surface area contributed by atoms with Gasteiger partial charge in [-0.2, -0.15) is 0 Å². The fourth-order valence-corrected chi connectivity index (χ4v) is 4.63. The van der Waals surface area contributed by atoms with Gasteiger partial charge in [0.15, 0.2) is 0 Å². The lowest BCUT2D eigenvalue weighted by molar-refractivity contribution is 0.0177. The first-order chi connectivity index (χ1) is 13.1. The highest BCUT2D eigenvalue weighted by molar-refractivity contribution is 5.94. The molecule has 0 aromatic heterocycles. The standard InChI is InChI=1S/C23H27FN2O/c1-16-5-7-17(8-6-16)15-26-21-3-2-4-22(26)14-20(13-21)25-23(27)18-9-11-19(24)12-10-18/h5-12,20-22H,2-4,13-15H2,1H3,(H,25,27)/t20?,21-,22+. The van der Waals surface area contributed by atoms with Gasteiger partial charge in [0.1, 0.15) is 5.82 Å². The molecular weight excluding hydrogens is 339 g/mol. The Kier molecular flexibility index (Phi) is 5.26. The molecule has 0 radical (unpaired) electrons. The Hall–Kier alpha value is -2.20. The van der Waals surface area contributed by atoms with E-state index in [-0.39, 0.29) is 17.8 Å². The minimum Gasteiger partial charge on any atom is -0.349 e. The maximum Gasteiger partial charge on any atom is 0.251 e. The Bertz CT molecular complexity index is 773. The molecule has 3 nitrogen and oxygen atoms in total. The van der Waals surface area contributed by atoms with Crippen molar-refractivity contribution in [2.45, 2.75) is 63.7 Å². The van der Waals surface area contributed by atoms with E-state index in [0.717, 1.165) is 19.4 Å². The normalized spacial score (nSPS) is 25.2. The average Bonchev–Trinajstić information content (AvgIpc) is 2.64. The maximum atomic E-state index is 13.1. The van der Waals surface area contributed by atoms with Crippen LogP contribution in [0.1, 0.15) is 53.6 Å². The number of hydrogen-bond donors (Lipinski definition) is 1. The van der Waals surface area contributed by atoms with Crippen LogP contribution in [0.5, 0.6) is 0 Å². The molecule has 1 unspecified atom stereocenters. The molecule has 2 fully saturated rings. The predicted octanol–water partition coefficient (Wildman–Crippen LogP) is 4.45. The smallest absolute Gasteiger partial charge is 0.251 e. The Labute approximate surface area is 160 Å². The molecule has 1 amide bonds. The lowest BCUT2D eigenvalue weighted by Gasteiger charge is -2.49. The van der Waals surface area contributed by atoms with Crippen molar-refractivity contribution in [3.05, 3.63) is 71.0 Å². The van der Waals surface area contributed by atoms with Gasteiger partial charge in [0.05, 0.1) is 0 Å². The number of nitrogens with zero attached hydrogens (tertiary/aromatic N) is 1. The number of piperidine rings is 2. The summed E-state index contributed by atoms with van der Waals surface area (Å²) in [5.41, 5.74) is 3.19. The summed E-state index contributed by atoms with van der Waals surface area (Å²) in [6.07, 6.45) is 5.67. The van der Waals surface area contributed by atoms with Crippen molar-refractivity contribution < 1.29 is 9.18 Å². The van der Waals surface area contributed by atoms with Crippen LogP contribution in [0.15, 0.2) is 48.5 Å². The van der Waals surface area contributed by atoms with Gasteiger partial charge < -0.3 is 5.32 Å². The van der Waals surface area contributed by atoms with Crippen molar-refractivity contribution in [3.8, 4) is 0 Å². The first kappa shape index (κ1) is 18.2. The van der Waals surface area contributed by atoms with E-state index in [1.165, 1.54) is 42.5 Å². The van der Waals surface area contributed by atoms with Crippen LogP contribution in [0.4, 0.5) is 4.39 Å². The van der Waals surface area contributed by atoms with E-state index in [4.69, 9.17) is 0 Å². The second kappa shape index (κ2) is 7.81. The van der Waals surface area contributed by atoms with Crippen molar-refractivity contribution in [1.82, 2.24) is 10.2 Å². The highest BCUT2D eigenvalue weighted by Crippen LogP contribution is 2.35. The Morgan fingerprint density at radius 1 is 1.04 bits per heavy atom. The van der Waals surface area contributed by atoms with Crippen molar-refractivity contribution in [1.29, 1.82) is 0 Å². The molecule has 0 saturated carbocycles. The van der Waals surface area contributed by atoms with Crippen molar-refractivity contribution in [3.63, 3.8) is 0 Å². The predicted molar refractivity (Wildman–Crippen MR) is 105 cm³/mol. The molecule has 3 atom stereocenters. The van der Waals surface area contributed by atoms with Crippen LogP contribution < -0.4 is 5.32 Å². The molecule has 4 heteroatoms. The minimum absolute atomic E-state index is 0.0925. The molecule has 0 aliphatic carbocycles. The molecule has 2 aromatic carbocycles. The summed E-state index contributed by atoms with van der Waals surface area (Å²) in [5, 5.41) is 3.19. The first-order valence-electron chi connectivity index (χ1n) is 9.96. The minimum atomic E-state index is -0.314. The van der Waals surface area contributed by atoms with Gasteiger partial charge >= 0.3 is 0 Å². The lowest BCUT2D eigenvalue weighted by Crippen LogP contribution is -2.56. The van der Waals surface area contributed by atoms with E-state index in [0.29, 0.717) is 17.6 Å². The molecule has 2 aliphatic heterocycles. The highest BCUT2D eigenvalue weighted by Gasteiger charge is 2.38. The van der Waals surface area contributed by atoms with Crippen molar-refractivity contribution in [2.24, 2.45) is 0 Å². The molecule has 2 bridgehead atoms. The summed E-state index contributed by atoms with van der Waals surface area (Å²) >= 11 is 0. The number of carbonyl (C=O) groups is 1. The average molecular weight is 366 g/mol. The van der Waals surface area contributed by atoms with E-state index in [1.807, 2.05) is 0 Å². The van der Waals surface area contributed by atoms with Gasteiger partial charge in [-0.1, -0.05) is 36.2 Å². The largest absolute Gasteiger partial charge is 0.349 e. The Balaban J connectivity index is 1.40. The van der Waals surface area contributed by atoms with Gasteiger partial charge in [-0.3, -0.25) is 9.69 Å². The molecular formula is C23H27FN2O. The summed E-state index contributed by atoms with van der Waals surface area (Å²) in [5.74, 6) is -0.407. The van der Waals surface area contributed by atoms with Gasteiger partial charge in [-0.25, -0.2) is 4.39 Å². The van der Waals surface area contributed by atoms with E-state index in [9.17, 15) is 9.18 Å². The number of aryl methyl sites for hydroxylation is 1. The highest BCUT2D eigenvalue weighted by atomic mass is 19.1. The van der Waals surface area contributed by atoms with Gasteiger partial charge in [0.2, 0.25) is 0 Å². The van der Waals surface area contributed by atoms with Crippen LogP contribution in [-0.2, 0) is 6.54 Å². The van der Waals surface area contributed by atoms with Gasteiger partial charge in [0.25, 0.3) is 5.91 Å². The quantitative estimate of drug-likeness (QED) is 0.867. The monoisotopic (exact) mass is 366 g/mol. The SMILES string of the molecule is Cc1ccc(CN2[C@@H]3CCC[C@H]2CC(NC(=O)c2ccc(F)cc2)C3)cc1. The third-order valence-electron chi connectivity index (χ3n) is 6.05. The van der Waals surface area contributed by atoms with Crippen LogP contribution in [-0.4, -0.2) is 28.9 Å². The molecule has 27 heavy (non-hydrogen) atoms. The third-order valence-corrected chi connectivity index (χ3v) is 6.05. The molecule has 0 spiro atoms. The van der Waals surface area contributed by atoms with Gasteiger partial charge in [0, 0.05) is 30.2 Å². The first-order valence-corrected chi connectivity index (χ1v) is 9.96. The Morgan fingerprint density at radius 3 is 2.30 bits per heavy atom. The summed E-state index contributed by atoms with van der Waals surface area (Å²) in [6.45, 7) is 3.11. The number of hydrogen-bond acceptors (Lipinski definition) is 2. The van der Waals surface area contributed by atoms with Gasteiger partial charge in [-0.15, -0.1) is 0 Å². The van der Waals surface area contributed by atoms with Crippen LogP contribution in [0.25, 0.3) is 0 Å². The number of amides is 1. The summed E-state index contributed by atoms with van der Waals surface area (Å²) in [6, 6.07) is 15.9. The number of nitrogens with one attached hydrogen (secondary N) is 1. The van der Waals surface area contributed by atoms with E-state index in [2.05, 4.69) is 41.4 Å². The van der Waals surface area contributed by atoms with Crippen molar-refractivity contribution >= 4 is 5.91 Å². The molecule has 4 rings (SSSR count). The lowest BCUT2D eigenvalue weighted by atomic mass is 9.81. The maximum absolute atomic E-state index is 13.1. The van der Waals surface area contributed by atoms with E-state index < -0.39 is 0 Å². The van der Waals surface area contributed by atoms with Crippen molar-refractivity contribution in [2.75, 3.05) is 0 Å². The van der Waals surface area contributed by atoms with Crippen LogP contribution in [0, 0.1) is 12.7 Å². The Morgan fingerprint density at radius 2 is 1.67 bits per heavy atom. The number of fused-ring (bicyclic) bond motifs is 2. The second-order valence-corrected chi connectivity index (χ2v) is 8.05. The fraction of sp³-hybridized carbons (Fsp3) is 0.435. The molecule has 2 heterocycles. The van der Waals surface area contributed by atoms with E-state index in [1.54, 1.807) is 12.1 Å². The summed E-state index contributed by atoms with van der Waals surface area (Å²) in [7, 11) is 0. The zero-order valence-electron chi connectivity index (χ0n) is 15.8. The van der Waals surface area contributed by atoms with Gasteiger partial charge in [-0.05, 0) is 62.4 Å². The zero-order valence-corrected chi connectivity index (χ0v) is 15.8. The number of carbonyl (C=O) groups excluding carboxylic acids is 1. The van der Waals surface area contributed by atoms with Crippen LogP contribution in [0.2, 0.25) is 0 Å². The number of halogens is 1. The topological polar surface area (TPSA) is 32.3 Å². The number of rotatable bonds is 4. The van der Waals surface area contributed by atoms with Crippen LogP contribution in [0.3, 0.4) is 0 Å². The third kappa shape index (κ3) is 4.22. The molecule has 2 saturated heterocycles. The van der Waals surface area contributed by atoms with Crippen LogP contribution >= 0.6 is 0 Å². The molecule has 142 valence electrons. The zero-order chi connectivity index (χ0) is 18.8. The second-order valence-electron chi connectivity index (χ2n) is 8.05. The summed E-state index contributed by atoms with van der Waals surface area (Å²) < 4.78 is 13.1. The molecule has 1 N–H and O–H groups in total. The number of benzene rings is 2. The summed E-state index contributed by atoms with van der Waals surface area (Å²) in [4.78, 5) is 15.1. The molecule has 2 aliphatic rings. The fourth-order valence-electron chi connectivity index (χ4n) is 4.63. The van der Waals surface area contributed by atoms with E-state index >= 15 is 0 Å². The molecule has 2 aromatic rings.